The van der Waals surface area contributed by atoms with Gasteiger partial charge in [0.25, 0.3) is 17.5 Å². The number of nitrogens with one attached hydrogen (secondary N) is 3. The first-order valence-corrected chi connectivity index (χ1v) is 13.9. The first kappa shape index (κ1) is 30.0. The summed E-state index contributed by atoms with van der Waals surface area (Å²) in [5.74, 6) is -1.26. The number of carbonyl (C=O) groups is 3. The van der Waals surface area contributed by atoms with Gasteiger partial charge in [-0.1, -0.05) is 48.0 Å². The number of halogens is 1. The van der Waals surface area contributed by atoms with Crippen LogP contribution in [0.25, 0.3) is 6.08 Å². The number of rotatable bonds is 10. The summed E-state index contributed by atoms with van der Waals surface area (Å²) in [5.41, 5.74) is 1.83. The molecule has 0 saturated carbocycles. The van der Waals surface area contributed by atoms with E-state index >= 15 is 0 Å². The Morgan fingerprint density at radius 3 is 2.07 bits per heavy atom. The maximum absolute atomic E-state index is 13.2. The number of amides is 3. The normalized spacial score (nSPS) is 11.7. The Labute approximate surface area is 251 Å². The summed E-state index contributed by atoms with van der Waals surface area (Å²) in [6.07, 6.45) is 1.51. The Morgan fingerprint density at radius 2 is 1.43 bits per heavy atom. The van der Waals surface area contributed by atoms with Crippen molar-refractivity contribution in [3.05, 3.63) is 135 Å². The summed E-state index contributed by atoms with van der Waals surface area (Å²) in [6.45, 7) is 1.74. The van der Waals surface area contributed by atoms with Crippen molar-refractivity contribution in [2.24, 2.45) is 0 Å². The Hall–Kier alpha value is -4.93. The minimum atomic E-state index is -0.546. The van der Waals surface area contributed by atoms with Gasteiger partial charge in [-0.25, -0.2) is 0 Å². The van der Waals surface area contributed by atoms with Crippen molar-refractivity contribution in [3.8, 4) is 0 Å². The predicted octanol–water partition coefficient (Wildman–Crippen LogP) is 6.78. The molecule has 4 aromatic rings. The second-order valence-electron chi connectivity index (χ2n) is 8.93. The lowest BCUT2D eigenvalue weighted by Gasteiger charge is -2.14. The lowest BCUT2D eigenvalue weighted by molar-refractivity contribution is -0.384. The highest BCUT2D eigenvalue weighted by Crippen LogP contribution is 2.26. The second-order valence-corrected chi connectivity index (χ2v) is 10.8. The molecule has 1 atom stereocenters. The largest absolute Gasteiger partial charge is 0.325 e. The maximum atomic E-state index is 13.2. The van der Waals surface area contributed by atoms with Crippen LogP contribution in [-0.4, -0.2) is 27.9 Å². The first-order valence-electron chi connectivity index (χ1n) is 12.7. The number of non-ortho nitro benzene ring substituents is 1. The fourth-order valence-electron chi connectivity index (χ4n) is 3.67. The summed E-state index contributed by atoms with van der Waals surface area (Å²) in [7, 11) is 0. The Morgan fingerprint density at radius 1 is 0.833 bits per heavy atom. The average molecular weight is 601 g/mol. The van der Waals surface area contributed by atoms with Crippen LogP contribution in [0.2, 0.25) is 5.02 Å². The third kappa shape index (κ3) is 8.29. The molecule has 3 amide bonds. The smallest absolute Gasteiger partial charge is 0.272 e. The highest BCUT2D eigenvalue weighted by Gasteiger charge is 2.17. The van der Waals surface area contributed by atoms with Gasteiger partial charge in [0.05, 0.1) is 10.2 Å². The third-order valence-electron chi connectivity index (χ3n) is 5.87. The quantitative estimate of drug-likeness (QED) is 0.0796. The van der Waals surface area contributed by atoms with Crippen LogP contribution in [0.1, 0.15) is 22.8 Å². The third-order valence-corrected chi connectivity index (χ3v) is 7.33. The van der Waals surface area contributed by atoms with Crippen molar-refractivity contribution in [1.29, 1.82) is 0 Å². The van der Waals surface area contributed by atoms with Crippen LogP contribution in [0.5, 0.6) is 0 Å². The van der Waals surface area contributed by atoms with Crippen LogP contribution >= 0.6 is 23.4 Å². The summed E-state index contributed by atoms with van der Waals surface area (Å²) >= 11 is 7.59. The van der Waals surface area contributed by atoms with E-state index in [0.717, 1.165) is 4.90 Å². The molecule has 0 aliphatic heterocycles. The highest BCUT2D eigenvalue weighted by atomic mass is 35.5. The lowest BCUT2D eigenvalue weighted by atomic mass is 10.1. The van der Waals surface area contributed by atoms with E-state index in [0.29, 0.717) is 27.5 Å². The van der Waals surface area contributed by atoms with Crippen LogP contribution in [-0.2, 0) is 9.59 Å². The Kier molecular flexibility index (Phi) is 10.1. The molecule has 0 heterocycles. The molecule has 0 aromatic heterocycles. The summed E-state index contributed by atoms with van der Waals surface area (Å²) in [4.78, 5) is 49.8. The van der Waals surface area contributed by atoms with Crippen molar-refractivity contribution in [2.75, 3.05) is 10.6 Å². The summed E-state index contributed by atoms with van der Waals surface area (Å²) < 4.78 is 0. The van der Waals surface area contributed by atoms with Crippen LogP contribution in [0.15, 0.2) is 114 Å². The van der Waals surface area contributed by atoms with E-state index in [1.54, 1.807) is 85.8 Å². The number of nitro groups is 1. The van der Waals surface area contributed by atoms with Crippen molar-refractivity contribution >= 4 is 64.2 Å². The number of nitrogens with zero attached hydrogens (tertiary/aromatic N) is 1. The molecular formula is C31H25ClN4O5S. The molecule has 4 rings (SSSR count). The molecule has 42 heavy (non-hydrogen) atoms. The number of thioether (sulfide) groups is 1. The van der Waals surface area contributed by atoms with Gasteiger partial charge in [0.1, 0.15) is 5.70 Å². The molecule has 0 aliphatic rings. The van der Waals surface area contributed by atoms with Gasteiger partial charge in [-0.15, -0.1) is 11.8 Å². The molecule has 0 saturated heterocycles. The monoisotopic (exact) mass is 600 g/mol. The van der Waals surface area contributed by atoms with E-state index < -0.39 is 22.0 Å². The molecule has 0 aliphatic carbocycles. The predicted molar refractivity (Wildman–Crippen MR) is 165 cm³/mol. The SMILES string of the molecule is CC(Sc1ccc(NC(=O)/C(=C/c2ccccc2Cl)NC(=O)c2ccccc2)cc1)C(=O)Nc1ccc([N+](=O)[O-])cc1. The van der Waals surface area contributed by atoms with E-state index in [1.807, 2.05) is 0 Å². The van der Waals surface area contributed by atoms with Crippen LogP contribution in [0, 0.1) is 10.1 Å². The van der Waals surface area contributed by atoms with Gasteiger partial charge in [-0.05, 0) is 73.2 Å². The van der Waals surface area contributed by atoms with E-state index in [-0.39, 0.29) is 17.3 Å². The topological polar surface area (TPSA) is 130 Å². The second kappa shape index (κ2) is 14.1. The Bertz CT molecular complexity index is 1630. The van der Waals surface area contributed by atoms with Gasteiger partial charge in [0.15, 0.2) is 0 Å². The summed E-state index contributed by atoms with van der Waals surface area (Å²) in [6, 6.07) is 28.0. The van der Waals surface area contributed by atoms with Crippen molar-refractivity contribution in [2.45, 2.75) is 17.1 Å². The van der Waals surface area contributed by atoms with E-state index in [2.05, 4.69) is 16.0 Å². The zero-order valence-electron chi connectivity index (χ0n) is 22.2. The number of hydrogen-bond acceptors (Lipinski definition) is 6. The lowest BCUT2D eigenvalue weighted by Crippen LogP contribution is -2.30. The fourth-order valence-corrected chi connectivity index (χ4v) is 4.73. The molecular weight excluding hydrogens is 576 g/mol. The number of nitro benzene ring substituents is 1. The first-order chi connectivity index (χ1) is 20.2. The van der Waals surface area contributed by atoms with Gasteiger partial charge in [0, 0.05) is 39.0 Å². The standard InChI is InChI=1S/C31H25ClN4O5S/c1-20(29(37)33-23-11-15-25(16-12-23)36(40)41)42-26-17-13-24(14-18-26)34-31(39)28(19-22-9-5-6-10-27(22)32)35-30(38)21-7-3-2-4-8-21/h2-20H,1H3,(H,33,37)(H,34,39)(H,35,38)/b28-19-. The summed E-state index contributed by atoms with van der Waals surface area (Å²) in [5, 5.41) is 19.0. The molecule has 0 fully saturated rings. The minimum absolute atomic E-state index is 0.00643. The molecule has 212 valence electrons. The molecule has 11 heteroatoms. The maximum Gasteiger partial charge on any atom is 0.272 e. The molecule has 3 N–H and O–H groups in total. The molecule has 0 bridgehead atoms. The number of benzene rings is 4. The van der Waals surface area contributed by atoms with E-state index in [4.69, 9.17) is 11.6 Å². The molecule has 1 unspecified atom stereocenters. The van der Waals surface area contributed by atoms with Gasteiger partial charge >= 0.3 is 0 Å². The minimum Gasteiger partial charge on any atom is -0.325 e. The van der Waals surface area contributed by atoms with Crippen LogP contribution in [0.3, 0.4) is 0 Å². The van der Waals surface area contributed by atoms with E-state index in [1.165, 1.54) is 42.1 Å². The fraction of sp³-hybridized carbons (Fsp3) is 0.0645. The molecule has 9 nitrogen and oxygen atoms in total. The van der Waals surface area contributed by atoms with Crippen LogP contribution in [0.4, 0.5) is 17.1 Å². The van der Waals surface area contributed by atoms with Crippen molar-refractivity contribution in [1.82, 2.24) is 5.32 Å². The number of anilines is 2. The molecule has 0 radical (unpaired) electrons. The van der Waals surface area contributed by atoms with Crippen LogP contribution < -0.4 is 16.0 Å². The highest BCUT2D eigenvalue weighted by molar-refractivity contribution is 8.00. The van der Waals surface area contributed by atoms with Gasteiger partial charge < -0.3 is 16.0 Å². The van der Waals surface area contributed by atoms with Crippen molar-refractivity contribution < 1.29 is 19.3 Å². The zero-order chi connectivity index (χ0) is 30.1. The van der Waals surface area contributed by atoms with E-state index in [9.17, 15) is 24.5 Å². The van der Waals surface area contributed by atoms with Gasteiger partial charge in [0.2, 0.25) is 5.91 Å². The number of hydrogen-bond donors (Lipinski definition) is 3. The zero-order valence-corrected chi connectivity index (χ0v) is 23.8. The average Bonchev–Trinajstić information content (AvgIpc) is 2.99. The molecule has 0 spiro atoms. The van der Waals surface area contributed by atoms with Crippen molar-refractivity contribution in [3.63, 3.8) is 0 Å². The number of carbonyl (C=O) groups excluding carboxylic acids is 3. The van der Waals surface area contributed by atoms with Gasteiger partial charge in [-0.3, -0.25) is 24.5 Å². The Balaban J connectivity index is 1.41. The van der Waals surface area contributed by atoms with Gasteiger partial charge in [-0.2, -0.15) is 0 Å². The molecule has 4 aromatic carbocycles.